The molecule has 0 aromatic heterocycles. The Bertz CT molecular complexity index is 327. The molecule has 0 aliphatic carbocycles. The molecule has 16 heavy (non-hydrogen) atoms. The molecule has 0 heterocycles. The van der Waals surface area contributed by atoms with Gasteiger partial charge in [0.2, 0.25) is 0 Å². The third-order valence-corrected chi connectivity index (χ3v) is 2.60. The lowest BCUT2D eigenvalue weighted by molar-refractivity contribution is 0.715. The van der Waals surface area contributed by atoms with Gasteiger partial charge in [0.1, 0.15) is 0 Å². The molecule has 1 atom stereocenters. The van der Waals surface area contributed by atoms with Crippen molar-refractivity contribution in [3.63, 3.8) is 0 Å². The summed E-state index contributed by atoms with van der Waals surface area (Å²) in [7, 11) is 0. The Morgan fingerprint density at radius 3 is 2.00 bits per heavy atom. The van der Waals surface area contributed by atoms with Crippen molar-refractivity contribution in [2.45, 2.75) is 39.2 Å². The molecule has 1 nitrogen and oxygen atoms in total. The van der Waals surface area contributed by atoms with Gasteiger partial charge in [0, 0.05) is 6.04 Å². The maximum absolute atomic E-state index is 6.06. The van der Waals surface area contributed by atoms with Crippen molar-refractivity contribution in [2.24, 2.45) is 5.73 Å². The molecule has 0 aliphatic rings. The molecule has 0 saturated carbocycles. The Morgan fingerprint density at radius 2 is 1.62 bits per heavy atom. The minimum absolute atomic E-state index is 0. The van der Waals surface area contributed by atoms with Crippen LogP contribution in [0.1, 0.15) is 50.3 Å². The fourth-order valence-electron chi connectivity index (χ4n) is 1.62. The van der Waals surface area contributed by atoms with E-state index in [1.54, 1.807) is 0 Å². The van der Waals surface area contributed by atoms with Gasteiger partial charge in [0.15, 0.2) is 0 Å². The Morgan fingerprint density at radius 1 is 1.19 bits per heavy atom. The minimum Gasteiger partial charge on any atom is -0.324 e. The molecule has 1 aromatic rings. The van der Waals surface area contributed by atoms with Gasteiger partial charge in [-0.1, -0.05) is 43.7 Å². The van der Waals surface area contributed by atoms with Crippen molar-refractivity contribution in [3.05, 3.63) is 47.5 Å². The van der Waals surface area contributed by atoms with Crippen LogP contribution in [-0.4, -0.2) is 0 Å². The lowest BCUT2D eigenvalue weighted by atomic mass is 9.97. The first kappa shape index (κ1) is 15.2. The largest absolute Gasteiger partial charge is 0.324 e. The number of benzene rings is 1. The molecule has 0 bridgehead atoms. The molecule has 0 aliphatic heterocycles. The zero-order valence-electron chi connectivity index (χ0n) is 10.4. The summed E-state index contributed by atoms with van der Waals surface area (Å²) < 4.78 is 0. The van der Waals surface area contributed by atoms with Crippen molar-refractivity contribution in [2.75, 3.05) is 0 Å². The first-order valence-electron chi connectivity index (χ1n) is 5.50. The second kappa shape index (κ2) is 6.72. The van der Waals surface area contributed by atoms with E-state index < -0.39 is 0 Å². The first-order chi connectivity index (χ1) is 7.00. The molecule has 90 valence electrons. The molecule has 0 radical (unpaired) electrons. The minimum atomic E-state index is 0. The van der Waals surface area contributed by atoms with Crippen LogP contribution in [0, 0.1) is 0 Å². The second-order valence-corrected chi connectivity index (χ2v) is 4.59. The van der Waals surface area contributed by atoms with Gasteiger partial charge < -0.3 is 5.73 Å². The maximum atomic E-state index is 6.06. The molecule has 0 saturated heterocycles. The van der Waals surface area contributed by atoms with Crippen LogP contribution in [0.4, 0.5) is 0 Å². The summed E-state index contributed by atoms with van der Waals surface area (Å²) in [6.07, 6.45) is 0.862. The average molecular weight is 240 g/mol. The second-order valence-electron chi connectivity index (χ2n) is 4.59. The van der Waals surface area contributed by atoms with Crippen molar-refractivity contribution in [3.8, 4) is 0 Å². The van der Waals surface area contributed by atoms with Crippen molar-refractivity contribution < 1.29 is 0 Å². The van der Waals surface area contributed by atoms with E-state index >= 15 is 0 Å². The Hall–Kier alpha value is -0.790. The van der Waals surface area contributed by atoms with Gasteiger partial charge in [-0.25, -0.2) is 0 Å². The van der Waals surface area contributed by atoms with Crippen molar-refractivity contribution in [1.82, 2.24) is 0 Å². The smallest absolute Gasteiger partial charge is 0.0332 e. The summed E-state index contributed by atoms with van der Waals surface area (Å²) in [5.74, 6) is 0.580. The summed E-state index contributed by atoms with van der Waals surface area (Å²) in [5, 5.41) is 0. The molecule has 0 fully saturated rings. The molecule has 1 aromatic carbocycles. The van der Waals surface area contributed by atoms with Crippen molar-refractivity contribution in [1.29, 1.82) is 0 Å². The molecule has 1 rings (SSSR count). The summed E-state index contributed by atoms with van der Waals surface area (Å²) in [6, 6.07) is 8.67. The van der Waals surface area contributed by atoms with Gasteiger partial charge in [-0.2, -0.15) is 0 Å². The maximum Gasteiger partial charge on any atom is 0.0332 e. The monoisotopic (exact) mass is 239 g/mol. The van der Waals surface area contributed by atoms with E-state index in [-0.39, 0.29) is 18.4 Å². The molecule has 0 unspecified atom stereocenters. The van der Waals surface area contributed by atoms with Crippen LogP contribution >= 0.6 is 12.4 Å². The van der Waals surface area contributed by atoms with Crippen LogP contribution in [0.3, 0.4) is 0 Å². The van der Waals surface area contributed by atoms with E-state index in [1.165, 1.54) is 11.1 Å². The third-order valence-electron chi connectivity index (χ3n) is 2.60. The molecule has 2 N–H and O–H groups in total. The number of rotatable bonds is 4. The van der Waals surface area contributed by atoms with Gasteiger partial charge in [0.05, 0.1) is 0 Å². The lowest BCUT2D eigenvalue weighted by Gasteiger charge is -2.13. The van der Waals surface area contributed by atoms with Crippen LogP contribution in [-0.2, 0) is 0 Å². The highest BCUT2D eigenvalue weighted by Crippen LogP contribution is 2.20. The zero-order chi connectivity index (χ0) is 11.4. The number of halogens is 1. The van der Waals surface area contributed by atoms with E-state index in [0.29, 0.717) is 5.92 Å². The first-order valence-corrected chi connectivity index (χ1v) is 5.50. The van der Waals surface area contributed by atoms with Gasteiger partial charge in [-0.3, -0.25) is 0 Å². The molecule has 0 amide bonds. The predicted octanol–water partition coefficient (Wildman–Crippen LogP) is 4.20. The van der Waals surface area contributed by atoms with Gasteiger partial charge in [-0.05, 0) is 30.4 Å². The quantitative estimate of drug-likeness (QED) is 0.784. The number of hydrogen-bond donors (Lipinski definition) is 1. The fraction of sp³-hybridized carbons (Fsp3) is 0.429. The van der Waals surface area contributed by atoms with Crippen LogP contribution < -0.4 is 5.73 Å². The highest BCUT2D eigenvalue weighted by atomic mass is 35.5. The average Bonchev–Trinajstić information content (AvgIpc) is 2.17. The SMILES string of the molecule is C=C(C)C[C@@H](N)c1ccc(C(C)C)cc1.Cl. The van der Waals surface area contributed by atoms with Crippen LogP contribution in [0.15, 0.2) is 36.4 Å². The van der Waals surface area contributed by atoms with Crippen LogP contribution in [0.2, 0.25) is 0 Å². The highest BCUT2D eigenvalue weighted by molar-refractivity contribution is 5.85. The molecule has 2 heteroatoms. The van der Waals surface area contributed by atoms with Crippen molar-refractivity contribution >= 4 is 12.4 Å². The summed E-state index contributed by atoms with van der Waals surface area (Å²) >= 11 is 0. The summed E-state index contributed by atoms with van der Waals surface area (Å²) in [6.45, 7) is 10.3. The third kappa shape index (κ3) is 4.38. The fourth-order valence-corrected chi connectivity index (χ4v) is 1.62. The van der Waals surface area contributed by atoms with Gasteiger partial charge >= 0.3 is 0 Å². The standard InChI is InChI=1S/C14H21N.ClH/c1-10(2)9-14(15)13-7-5-12(6-8-13)11(3)4;/h5-8,11,14H,1,9,15H2,2-4H3;1H/t14-;/m1./s1. The van der Waals surface area contributed by atoms with E-state index in [4.69, 9.17) is 5.73 Å². The van der Waals surface area contributed by atoms with Crippen LogP contribution in [0.5, 0.6) is 0 Å². The highest BCUT2D eigenvalue weighted by Gasteiger charge is 2.06. The molecular weight excluding hydrogens is 218 g/mol. The van der Waals surface area contributed by atoms with E-state index in [9.17, 15) is 0 Å². The van der Waals surface area contributed by atoms with Crippen LogP contribution in [0.25, 0.3) is 0 Å². The topological polar surface area (TPSA) is 26.0 Å². The number of nitrogens with two attached hydrogens (primary N) is 1. The molecular formula is C14H22ClN. The summed E-state index contributed by atoms with van der Waals surface area (Å²) in [4.78, 5) is 0. The number of hydrogen-bond acceptors (Lipinski definition) is 1. The van der Waals surface area contributed by atoms with Gasteiger partial charge in [0.25, 0.3) is 0 Å². The molecule has 0 spiro atoms. The Kier molecular flexibility index (Phi) is 6.39. The normalized spacial score (nSPS) is 12.1. The van der Waals surface area contributed by atoms with Gasteiger partial charge in [-0.15, -0.1) is 19.0 Å². The predicted molar refractivity (Wildman–Crippen MR) is 74.1 cm³/mol. The summed E-state index contributed by atoms with van der Waals surface area (Å²) in [5.41, 5.74) is 9.75. The lowest BCUT2D eigenvalue weighted by Crippen LogP contribution is -2.10. The van der Waals surface area contributed by atoms with E-state index in [1.807, 2.05) is 6.92 Å². The Labute approximate surface area is 105 Å². The Balaban J connectivity index is 0.00000225. The van der Waals surface area contributed by atoms with E-state index in [0.717, 1.165) is 12.0 Å². The van der Waals surface area contributed by atoms with E-state index in [2.05, 4.69) is 44.7 Å². The zero-order valence-corrected chi connectivity index (χ0v) is 11.2.